The second-order valence-corrected chi connectivity index (χ2v) is 13.5. The van der Waals surface area contributed by atoms with Gasteiger partial charge in [0.1, 0.15) is 11.2 Å². The van der Waals surface area contributed by atoms with Crippen molar-refractivity contribution in [2.24, 2.45) is 0 Å². The van der Waals surface area contributed by atoms with E-state index in [1.165, 1.54) is 56.5 Å². The Hall–Kier alpha value is -5.16. The SMILES string of the molecule is c1ccc2c(c1)oc1ccc3ccc(N(c4ccc5c(c4)sc4ccccc45)c4ccc5c(c4)sc4ccccc45)cc3c12. The van der Waals surface area contributed by atoms with Crippen LogP contribution in [0.2, 0.25) is 0 Å². The number of furan rings is 1. The summed E-state index contributed by atoms with van der Waals surface area (Å²) < 4.78 is 11.5. The van der Waals surface area contributed by atoms with Crippen LogP contribution in [0.15, 0.2) is 144 Å². The Labute approximate surface area is 260 Å². The summed E-state index contributed by atoms with van der Waals surface area (Å²) in [5.74, 6) is 0. The molecule has 10 aromatic rings. The summed E-state index contributed by atoms with van der Waals surface area (Å²) in [5, 5.41) is 9.96. The summed E-state index contributed by atoms with van der Waals surface area (Å²) in [6, 6.07) is 50.7. The highest BCUT2D eigenvalue weighted by molar-refractivity contribution is 7.26. The lowest BCUT2D eigenvalue weighted by atomic mass is 10.0. The first-order valence-corrected chi connectivity index (χ1v) is 16.4. The Morgan fingerprint density at radius 3 is 1.59 bits per heavy atom. The first-order valence-electron chi connectivity index (χ1n) is 14.8. The Morgan fingerprint density at radius 1 is 0.386 bits per heavy atom. The van der Waals surface area contributed by atoms with Gasteiger partial charge in [-0.1, -0.05) is 78.9 Å². The predicted molar refractivity (Wildman–Crippen MR) is 192 cm³/mol. The molecule has 3 aromatic heterocycles. The predicted octanol–water partition coefficient (Wildman–Crippen LogP) is 12.9. The Morgan fingerprint density at radius 2 is 0.909 bits per heavy atom. The molecule has 0 aliphatic rings. The molecule has 0 spiro atoms. The van der Waals surface area contributed by atoms with Crippen LogP contribution in [0, 0.1) is 0 Å². The Kier molecular flexibility index (Phi) is 5.06. The van der Waals surface area contributed by atoms with E-state index in [9.17, 15) is 0 Å². The maximum atomic E-state index is 6.27. The molecule has 44 heavy (non-hydrogen) atoms. The van der Waals surface area contributed by atoms with E-state index in [1.807, 2.05) is 28.7 Å². The molecule has 0 bridgehead atoms. The molecule has 0 N–H and O–H groups in total. The van der Waals surface area contributed by atoms with Crippen molar-refractivity contribution < 1.29 is 4.42 Å². The van der Waals surface area contributed by atoms with Gasteiger partial charge in [-0.3, -0.25) is 0 Å². The number of rotatable bonds is 3. The van der Waals surface area contributed by atoms with Gasteiger partial charge in [-0.05, 0) is 71.4 Å². The van der Waals surface area contributed by atoms with E-state index in [0.29, 0.717) is 0 Å². The van der Waals surface area contributed by atoms with Crippen molar-refractivity contribution in [2.75, 3.05) is 4.90 Å². The van der Waals surface area contributed by atoms with Crippen LogP contribution in [0.3, 0.4) is 0 Å². The van der Waals surface area contributed by atoms with E-state index in [0.717, 1.165) is 33.6 Å². The molecule has 0 saturated carbocycles. The molecule has 206 valence electrons. The molecule has 10 rings (SSSR count). The van der Waals surface area contributed by atoms with Gasteiger partial charge in [-0.25, -0.2) is 0 Å². The average molecular weight is 598 g/mol. The molecule has 0 aliphatic heterocycles. The third-order valence-electron chi connectivity index (χ3n) is 8.84. The number of nitrogens with zero attached hydrogens (tertiary/aromatic N) is 1. The van der Waals surface area contributed by atoms with Crippen molar-refractivity contribution in [1.82, 2.24) is 0 Å². The maximum Gasteiger partial charge on any atom is 0.136 e. The molecule has 0 atom stereocenters. The van der Waals surface area contributed by atoms with Gasteiger partial charge in [-0.2, -0.15) is 0 Å². The van der Waals surface area contributed by atoms with Gasteiger partial charge < -0.3 is 9.32 Å². The summed E-state index contributed by atoms with van der Waals surface area (Å²) in [7, 11) is 0. The van der Waals surface area contributed by atoms with Gasteiger partial charge in [0, 0.05) is 68.2 Å². The normalized spacial score (nSPS) is 12.1. The minimum absolute atomic E-state index is 0.917. The van der Waals surface area contributed by atoms with Gasteiger partial charge in [0.05, 0.1) is 0 Å². The summed E-state index contributed by atoms with van der Waals surface area (Å²) >= 11 is 3.72. The molecule has 0 unspecified atom stereocenters. The summed E-state index contributed by atoms with van der Waals surface area (Å²) in [4.78, 5) is 2.41. The number of anilines is 3. The van der Waals surface area contributed by atoms with Crippen molar-refractivity contribution in [3.63, 3.8) is 0 Å². The van der Waals surface area contributed by atoms with Crippen LogP contribution in [0.4, 0.5) is 17.1 Å². The van der Waals surface area contributed by atoms with E-state index < -0.39 is 0 Å². The van der Waals surface area contributed by atoms with Crippen LogP contribution >= 0.6 is 22.7 Å². The molecule has 0 aliphatic carbocycles. The third-order valence-corrected chi connectivity index (χ3v) is 11.1. The molecule has 0 fully saturated rings. The molecule has 0 radical (unpaired) electrons. The van der Waals surface area contributed by atoms with Gasteiger partial charge in [-0.15, -0.1) is 22.7 Å². The highest BCUT2D eigenvalue weighted by atomic mass is 32.1. The van der Waals surface area contributed by atoms with Crippen molar-refractivity contribution in [3.8, 4) is 0 Å². The second-order valence-electron chi connectivity index (χ2n) is 11.3. The van der Waals surface area contributed by atoms with Crippen LogP contribution in [-0.4, -0.2) is 0 Å². The average Bonchev–Trinajstić information content (AvgIpc) is 3.75. The van der Waals surface area contributed by atoms with Crippen molar-refractivity contribution in [3.05, 3.63) is 140 Å². The molecule has 0 amide bonds. The Balaban J connectivity index is 1.24. The van der Waals surface area contributed by atoms with E-state index in [4.69, 9.17) is 4.42 Å². The maximum absolute atomic E-state index is 6.27. The second kappa shape index (κ2) is 9.17. The number of hydrogen-bond donors (Lipinski definition) is 0. The van der Waals surface area contributed by atoms with E-state index in [2.05, 4.69) is 138 Å². The summed E-state index contributed by atoms with van der Waals surface area (Å²) in [5.41, 5.74) is 5.25. The number of fused-ring (bicyclic) bond motifs is 11. The minimum Gasteiger partial charge on any atom is -0.456 e. The summed E-state index contributed by atoms with van der Waals surface area (Å²) in [6.45, 7) is 0. The molecule has 4 heteroatoms. The first-order chi connectivity index (χ1) is 21.8. The lowest BCUT2D eigenvalue weighted by molar-refractivity contribution is 0.669. The zero-order chi connectivity index (χ0) is 28.8. The lowest BCUT2D eigenvalue weighted by Gasteiger charge is -2.26. The van der Waals surface area contributed by atoms with E-state index >= 15 is 0 Å². The molecular weight excluding hydrogens is 575 g/mol. The topological polar surface area (TPSA) is 16.4 Å². The number of thiophene rings is 2. The van der Waals surface area contributed by atoms with Crippen LogP contribution in [0.5, 0.6) is 0 Å². The smallest absolute Gasteiger partial charge is 0.136 e. The van der Waals surface area contributed by atoms with Gasteiger partial charge in [0.25, 0.3) is 0 Å². The molecular formula is C40H23NOS2. The number of hydrogen-bond acceptors (Lipinski definition) is 4. The van der Waals surface area contributed by atoms with Crippen LogP contribution in [-0.2, 0) is 0 Å². The zero-order valence-corrected chi connectivity index (χ0v) is 25.1. The zero-order valence-electron chi connectivity index (χ0n) is 23.5. The molecule has 7 aromatic carbocycles. The van der Waals surface area contributed by atoms with E-state index in [-0.39, 0.29) is 0 Å². The quantitative estimate of drug-likeness (QED) is 0.201. The highest BCUT2D eigenvalue weighted by Crippen LogP contribution is 2.44. The minimum atomic E-state index is 0.917. The van der Waals surface area contributed by atoms with Crippen molar-refractivity contribution >= 4 is 113 Å². The van der Waals surface area contributed by atoms with Gasteiger partial charge >= 0.3 is 0 Å². The van der Waals surface area contributed by atoms with Crippen LogP contribution in [0.1, 0.15) is 0 Å². The third kappa shape index (κ3) is 3.53. The fourth-order valence-corrected chi connectivity index (χ4v) is 9.10. The summed E-state index contributed by atoms with van der Waals surface area (Å²) in [6.07, 6.45) is 0. The van der Waals surface area contributed by atoms with Gasteiger partial charge in [0.2, 0.25) is 0 Å². The molecule has 3 heterocycles. The number of benzene rings is 7. The molecule has 2 nitrogen and oxygen atoms in total. The van der Waals surface area contributed by atoms with Crippen molar-refractivity contribution in [1.29, 1.82) is 0 Å². The largest absolute Gasteiger partial charge is 0.456 e. The first kappa shape index (κ1) is 24.3. The Bertz CT molecular complexity index is 2630. The van der Waals surface area contributed by atoms with Crippen LogP contribution in [0.25, 0.3) is 73.1 Å². The van der Waals surface area contributed by atoms with Gasteiger partial charge in [0.15, 0.2) is 0 Å². The fourth-order valence-electron chi connectivity index (χ4n) is 6.82. The highest BCUT2D eigenvalue weighted by Gasteiger charge is 2.18. The number of para-hydroxylation sites is 1. The standard InChI is InChI=1S/C40H23NOS2/c1-4-10-34-32(9-1)40-33-21-25(15-13-24(33)14-20-35(40)42-34)41(26-16-18-30-28-7-2-5-11-36(28)43-38(30)22-26)27-17-19-31-29-8-3-6-12-37(29)44-39(31)23-27/h1-23H. The van der Waals surface area contributed by atoms with E-state index in [1.54, 1.807) is 0 Å². The van der Waals surface area contributed by atoms with Crippen molar-refractivity contribution in [2.45, 2.75) is 0 Å². The molecule has 0 saturated heterocycles. The fraction of sp³-hybridized carbons (Fsp3) is 0. The lowest BCUT2D eigenvalue weighted by Crippen LogP contribution is -2.09. The monoisotopic (exact) mass is 597 g/mol. The van der Waals surface area contributed by atoms with Crippen LogP contribution < -0.4 is 4.90 Å².